The number of amides is 4. The highest BCUT2D eigenvalue weighted by atomic mass is 32.2. The first kappa shape index (κ1) is 36.6. The Morgan fingerprint density at radius 1 is 0.534 bits per heavy atom. The van der Waals surface area contributed by atoms with Crippen molar-refractivity contribution in [3.63, 3.8) is 0 Å². The van der Waals surface area contributed by atoms with E-state index in [4.69, 9.17) is 0 Å². The first-order chi connectivity index (χ1) is 27.7. The Hall–Kier alpha value is -5.74. The molecule has 6 aliphatic rings. The number of sulfonamides is 2. The second-order valence-corrected chi connectivity index (χ2v) is 20.0. The third-order valence-electron chi connectivity index (χ3n) is 13.2. The number of nitrogens with one attached hydrogen (secondary N) is 2. The number of para-hydroxylation sites is 2. The summed E-state index contributed by atoms with van der Waals surface area (Å²) < 4.78 is 59.7. The molecular formula is C42H40N6O8S2. The van der Waals surface area contributed by atoms with Crippen molar-refractivity contribution in [3.8, 4) is 0 Å². The molecule has 4 saturated heterocycles. The SMILES string of the molecule is CS(=O)(=O)N1c2ccccc2[C@]2([C@@]34CC5C(=O)NC(Cc6ccccc6)C(=O)N5C3N(S(C)(=O)=O)c3ccccc34)CC3C(=O)NC(Cc4ccccc4)C(=O)N3C12. The molecule has 2 N–H and O–H groups in total. The molecule has 14 nitrogen and oxygen atoms in total. The molecule has 0 aromatic heterocycles. The van der Waals surface area contributed by atoms with Crippen LogP contribution in [0, 0.1) is 0 Å². The molecule has 16 heteroatoms. The predicted molar refractivity (Wildman–Crippen MR) is 213 cm³/mol. The van der Waals surface area contributed by atoms with Gasteiger partial charge < -0.3 is 20.4 Å². The molecule has 0 radical (unpaired) electrons. The average Bonchev–Trinajstić information content (AvgIpc) is 3.89. The summed E-state index contributed by atoms with van der Waals surface area (Å²) in [5.74, 6) is -1.94. The van der Waals surface area contributed by atoms with Gasteiger partial charge in [-0.05, 0) is 47.2 Å². The molecule has 4 aromatic rings. The molecule has 6 unspecified atom stereocenters. The van der Waals surface area contributed by atoms with Gasteiger partial charge in [0, 0.05) is 12.8 Å². The van der Waals surface area contributed by atoms with Gasteiger partial charge in [-0.2, -0.15) is 0 Å². The van der Waals surface area contributed by atoms with Crippen molar-refractivity contribution >= 4 is 55.1 Å². The van der Waals surface area contributed by atoms with Crippen LogP contribution in [0.15, 0.2) is 109 Å². The van der Waals surface area contributed by atoms with E-state index < -0.39 is 91.0 Å². The molecule has 0 saturated carbocycles. The number of hydrogen-bond donors (Lipinski definition) is 2. The Morgan fingerprint density at radius 3 is 1.24 bits per heavy atom. The summed E-state index contributed by atoms with van der Waals surface area (Å²) in [6, 6.07) is 27.6. The Kier molecular flexibility index (Phi) is 7.81. The van der Waals surface area contributed by atoms with Gasteiger partial charge in [0.2, 0.25) is 43.7 Å². The number of carbonyl (C=O) groups excluding carboxylic acids is 4. The van der Waals surface area contributed by atoms with Gasteiger partial charge in [-0.15, -0.1) is 0 Å². The molecule has 58 heavy (non-hydrogen) atoms. The summed E-state index contributed by atoms with van der Waals surface area (Å²) in [5.41, 5.74) is -0.0654. The minimum Gasteiger partial charge on any atom is -0.342 e. The maximum absolute atomic E-state index is 15.1. The second-order valence-electron chi connectivity index (χ2n) is 16.3. The molecule has 4 fully saturated rings. The normalized spacial score (nSPS) is 30.9. The smallest absolute Gasteiger partial charge is 0.247 e. The average molecular weight is 821 g/mol. The number of carbonyl (C=O) groups is 4. The zero-order valence-electron chi connectivity index (χ0n) is 31.6. The van der Waals surface area contributed by atoms with E-state index >= 15 is 9.59 Å². The Bertz CT molecular complexity index is 2480. The number of piperazine rings is 2. The summed E-state index contributed by atoms with van der Waals surface area (Å²) >= 11 is 0. The monoisotopic (exact) mass is 820 g/mol. The van der Waals surface area contributed by atoms with Gasteiger partial charge in [-0.3, -0.25) is 19.2 Å². The topological polar surface area (TPSA) is 174 Å². The Balaban J connectivity index is 1.24. The standard InChI is InChI=1S/C42H40N6O8S2/c1-57(53,54)47-31-19-11-9-17-27(31)41(23-33-35(49)43-29(37(51)45(33)39(41)47)21-25-13-5-3-6-14-25)42-24-34-36(50)44-30(22-26-15-7-4-8-16-26)38(52)46(34)40(42)48(58(2,55)56)32-20-12-10-18-28(32)42/h3-20,29-30,33-34,39-40H,21-24H2,1-2H3,(H,43,49)(H,44,50)/t29?,30?,33?,34?,39?,40?,41-,42-/m1/s1. The number of rotatable bonds is 7. The fourth-order valence-electron chi connectivity index (χ4n) is 11.3. The fourth-order valence-corrected chi connectivity index (χ4v) is 13.6. The van der Waals surface area contributed by atoms with E-state index in [1.807, 2.05) is 60.7 Å². The van der Waals surface area contributed by atoms with Crippen LogP contribution in [-0.4, -0.2) is 99.3 Å². The lowest BCUT2D eigenvalue weighted by molar-refractivity contribution is -0.149. The van der Waals surface area contributed by atoms with Crippen molar-refractivity contribution in [2.75, 3.05) is 21.1 Å². The maximum atomic E-state index is 15.1. The van der Waals surface area contributed by atoms with Crippen LogP contribution in [-0.2, 0) is 62.9 Å². The van der Waals surface area contributed by atoms with Crippen molar-refractivity contribution < 1.29 is 36.0 Å². The van der Waals surface area contributed by atoms with Crippen LogP contribution in [0.25, 0.3) is 0 Å². The van der Waals surface area contributed by atoms with Crippen LogP contribution in [0.1, 0.15) is 35.1 Å². The zero-order valence-corrected chi connectivity index (χ0v) is 33.2. The predicted octanol–water partition coefficient (Wildman–Crippen LogP) is 1.76. The van der Waals surface area contributed by atoms with E-state index in [-0.39, 0.29) is 37.1 Å². The van der Waals surface area contributed by atoms with Crippen molar-refractivity contribution in [1.82, 2.24) is 20.4 Å². The summed E-state index contributed by atoms with van der Waals surface area (Å²) in [6.45, 7) is 0. The van der Waals surface area contributed by atoms with Crippen LogP contribution in [0.5, 0.6) is 0 Å². The third kappa shape index (κ3) is 4.81. The molecular weight excluding hydrogens is 781 g/mol. The minimum absolute atomic E-state index is 0.122. The highest BCUT2D eigenvalue weighted by Crippen LogP contribution is 2.71. The molecule has 6 heterocycles. The minimum atomic E-state index is -4.23. The third-order valence-corrected chi connectivity index (χ3v) is 15.4. The van der Waals surface area contributed by atoms with Crippen LogP contribution in [0.2, 0.25) is 0 Å². The lowest BCUT2D eigenvalue weighted by atomic mass is 9.54. The van der Waals surface area contributed by atoms with Gasteiger partial charge in [-0.1, -0.05) is 97.1 Å². The van der Waals surface area contributed by atoms with E-state index in [9.17, 15) is 26.4 Å². The fraction of sp³-hybridized carbons (Fsp3) is 0.333. The van der Waals surface area contributed by atoms with Crippen LogP contribution in [0.4, 0.5) is 11.4 Å². The van der Waals surface area contributed by atoms with Gasteiger partial charge >= 0.3 is 0 Å². The van der Waals surface area contributed by atoms with Crippen molar-refractivity contribution in [1.29, 1.82) is 0 Å². The van der Waals surface area contributed by atoms with Gasteiger partial charge in [0.15, 0.2) is 0 Å². The number of anilines is 2. The van der Waals surface area contributed by atoms with E-state index in [2.05, 4.69) is 10.6 Å². The first-order valence-electron chi connectivity index (χ1n) is 19.2. The summed E-state index contributed by atoms with van der Waals surface area (Å²) in [7, 11) is -8.46. The molecule has 0 aliphatic carbocycles. The Labute approximate surface area is 335 Å². The Morgan fingerprint density at radius 2 is 0.879 bits per heavy atom. The molecule has 8 atom stereocenters. The largest absolute Gasteiger partial charge is 0.342 e. The zero-order chi connectivity index (χ0) is 40.5. The van der Waals surface area contributed by atoms with Gasteiger partial charge in [0.1, 0.15) is 36.5 Å². The van der Waals surface area contributed by atoms with E-state index in [0.717, 1.165) is 23.6 Å². The van der Waals surface area contributed by atoms with Crippen LogP contribution in [0.3, 0.4) is 0 Å². The quantitative estimate of drug-likeness (QED) is 0.284. The number of nitrogens with zero attached hydrogens (tertiary/aromatic N) is 4. The molecule has 6 aliphatic heterocycles. The highest BCUT2D eigenvalue weighted by molar-refractivity contribution is 7.92. The van der Waals surface area contributed by atoms with Gasteiger partial charge in [-0.25, -0.2) is 25.4 Å². The number of fused-ring (bicyclic) bond motifs is 11. The molecule has 0 spiro atoms. The van der Waals surface area contributed by atoms with Crippen molar-refractivity contribution in [2.24, 2.45) is 0 Å². The number of hydrogen-bond acceptors (Lipinski definition) is 8. The van der Waals surface area contributed by atoms with Gasteiger partial charge in [0.05, 0.1) is 34.7 Å². The molecule has 4 amide bonds. The second kappa shape index (κ2) is 12.4. The highest BCUT2D eigenvalue weighted by Gasteiger charge is 2.81. The van der Waals surface area contributed by atoms with E-state index in [1.165, 1.54) is 18.4 Å². The molecule has 298 valence electrons. The van der Waals surface area contributed by atoms with Crippen molar-refractivity contribution in [3.05, 3.63) is 131 Å². The summed E-state index contributed by atoms with van der Waals surface area (Å²) in [5, 5.41) is 5.86. The van der Waals surface area contributed by atoms with Crippen LogP contribution < -0.4 is 19.2 Å². The molecule has 0 bridgehead atoms. The summed E-state index contributed by atoms with van der Waals surface area (Å²) in [6.07, 6.45) is -0.615. The molecule has 4 aromatic carbocycles. The summed E-state index contributed by atoms with van der Waals surface area (Å²) in [4.78, 5) is 61.9. The molecule has 10 rings (SSSR count). The van der Waals surface area contributed by atoms with Gasteiger partial charge in [0.25, 0.3) is 0 Å². The van der Waals surface area contributed by atoms with Crippen molar-refractivity contribution in [2.45, 2.75) is 73.0 Å². The first-order valence-corrected chi connectivity index (χ1v) is 22.9. The van der Waals surface area contributed by atoms with E-state index in [1.54, 1.807) is 48.5 Å². The maximum Gasteiger partial charge on any atom is 0.247 e. The lowest BCUT2D eigenvalue weighted by Crippen LogP contribution is -2.69. The number of benzene rings is 4. The lowest BCUT2D eigenvalue weighted by Gasteiger charge is -2.50. The van der Waals surface area contributed by atoms with Crippen LogP contribution >= 0.6 is 0 Å². The van der Waals surface area contributed by atoms with E-state index in [0.29, 0.717) is 11.1 Å².